The van der Waals surface area contributed by atoms with Gasteiger partial charge in [0, 0.05) is 14.1 Å². The van der Waals surface area contributed by atoms with Gasteiger partial charge in [-0.05, 0) is 37.3 Å². The van der Waals surface area contributed by atoms with Crippen LogP contribution in [0.15, 0.2) is 66.2 Å². The number of hydrogen-bond acceptors (Lipinski definition) is 5. The van der Waals surface area contributed by atoms with Crippen LogP contribution in [0.25, 0.3) is 11.8 Å². The second-order valence-corrected chi connectivity index (χ2v) is 7.04. The van der Waals surface area contributed by atoms with Crippen LogP contribution in [0.1, 0.15) is 11.3 Å². The molecule has 0 unspecified atom stereocenters. The van der Waals surface area contributed by atoms with E-state index >= 15 is 0 Å². The Morgan fingerprint density at radius 1 is 0.839 bits per heavy atom. The summed E-state index contributed by atoms with van der Waals surface area (Å²) in [4.78, 5) is 39.2. The largest absolute Gasteiger partial charge is 0.438 e. The molecule has 2 aromatic carbocycles. The van der Waals surface area contributed by atoms with Crippen molar-refractivity contribution in [2.75, 3.05) is 14.1 Å². The third-order valence-corrected chi connectivity index (χ3v) is 4.95. The molecule has 1 aliphatic rings. The summed E-state index contributed by atoms with van der Waals surface area (Å²) in [5, 5.41) is 4.58. The van der Waals surface area contributed by atoms with Crippen LogP contribution < -0.4 is 4.74 Å². The van der Waals surface area contributed by atoms with Gasteiger partial charge in [0.2, 0.25) is 5.88 Å². The van der Waals surface area contributed by atoms with E-state index in [1.807, 2.05) is 48.5 Å². The molecule has 4 rings (SSSR count). The van der Waals surface area contributed by atoms with E-state index in [4.69, 9.17) is 4.74 Å². The zero-order chi connectivity index (χ0) is 22.1. The van der Waals surface area contributed by atoms with Gasteiger partial charge in [0.25, 0.3) is 11.8 Å². The van der Waals surface area contributed by atoms with E-state index in [0.717, 1.165) is 15.5 Å². The lowest BCUT2D eigenvalue weighted by Crippen LogP contribution is -2.52. The highest BCUT2D eigenvalue weighted by Gasteiger charge is 2.38. The number of benzene rings is 2. The van der Waals surface area contributed by atoms with Crippen molar-refractivity contribution in [1.82, 2.24) is 19.6 Å². The molecule has 0 radical (unpaired) electrons. The maximum Gasteiger partial charge on any atom is 0.333 e. The zero-order valence-corrected chi connectivity index (χ0v) is 17.3. The fraction of sp³-hybridized carbons (Fsp3) is 0.130. The number of carbonyl (C=O) groups excluding carboxylic acids is 3. The molecule has 1 aromatic heterocycles. The average Bonchev–Trinajstić information content (AvgIpc) is 3.10. The van der Waals surface area contributed by atoms with Gasteiger partial charge in [0.15, 0.2) is 0 Å². The highest BCUT2D eigenvalue weighted by atomic mass is 16.5. The molecule has 0 atom stereocenters. The molecule has 0 spiro atoms. The molecule has 3 aromatic rings. The van der Waals surface area contributed by atoms with Gasteiger partial charge < -0.3 is 4.74 Å². The van der Waals surface area contributed by atoms with Gasteiger partial charge in [0.05, 0.1) is 16.9 Å². The number of barbiturate groups is 1. The first kappa shape index (κ1) is 20.1. The molecule has 156 valence electrons. The number of amides is 4. The van der Waals surface area contributed by atoms with Gasteiger partial charge in [-0.15, -0.1) is 0 Å². The van der Waals surface area contributed by atoms with E-state index < -0.39 is 17.8 Å². The summed E-state index contributed by atoms with van der Waals surface area (Å²) in [5.74, 6) is -0.425. The third-order valence-electron chi connectivity index (χ3n) is 4.95. The molecule has 0 N–H and O–H groups in total. The first-order valence-electron chi connectivity index (χ1n) is 9.58. The van der Waals surface area contributed by atoms with Crippen molar-refractivity contribution in [3.8, 4) is 17.3 Å². The van der Waals surface area contributed by atoms with Crippen molar-refractivity contribution < 1.29 is 19.1 Å². The number of rotatable bonds is 4. The van der Waals surface area contributed by atoms with Crippen molar-refractivity contribution in [3.05, 3.63) is 77.5 Å². The Kier molecular flexibility index (Phi) is 5.12. The summed E-state index contributed by atoms with van der Waals surface area (Å²) in [6, 6.07) is 17.9. The fourth-order valence-electron chi connectivity index (χ4n) is 3.25. The van der Waals surface area contributed by atoms with Crippen LogP contribution in [0.5, 0.6) is 11.6 Å². The van der Waals surface area contributed by atoms with Crippen molar-refractivity contribution in [1.29, 1.82) is 0 Å². The quantitative estimate of drug-likeness (QED) is 0.481. The Labute approximate surface area is 178 Å². The molecule has 0 bridgehead atoms. The smallest absolute Gasteiger partial charge is 0.333 e. The standard InChI is InChI=1S/C23H20N4O4/c1-15-18(14-19-20(28)25(2)23(30)26(3)21(19)29)22(31-17-12-8-5-9-13-17)27(24-15)16-10-6-4-7-11-16/h4-14H,1-3H3. The lowest BCUT2D eigenvalue weighted by Gasteiger charge is -2.28. The highest BCUT2D eigenvalue weighted by Crippen LogP contribution is 2.33. The second kappa shape index (κ2) is 7.91. The van der Waals surface area contributed by atoms with Crippen molar-refractivity contribution in [2.45, 2.75) is 6.92 Å². The van der Waals surface area contributed by atoms with E-state index in [1.54, 1.807) is 23.7 Å². The molecule has 1 fully saturated rings. The van der Waals surface area contributed by atoms with Crippen molar-refractivity contribution in [3.63, 3.8) is 0 Å². The number of aromatic nitrogens is 2. The monoisotopic (exact) mass is 416 g/mol. The summed E-state index contributed by atoms with van der Waals surface area (Å²) < 4.78 is 7.76. The maximum absolute atomic E-state index is 12.7. The minimum absolute atomic E-state index is 0.141. The number of urea groups is 1. The molecular weight excluding hydrogens is 396 g/mol. The van der Waals surface area contributed by atoms with Crippen LogP contribution in [0, 0.1) is 6.92 Å². The van der Waals surface area contributed by atoms with Gasteiger partial charge in [0.1, 0.15) is 11.3 Å². The minimum atomic E-state index is -0.676. The average molecular weight is 416 g/mol. The third kappa shape index (κ3) is 3.59. The van der Waals surface area contributed by atoms with Crippen LogP contribution in [-0.2, 0) is 9.59 Å². The van der Waals surface area contributed by atoms with Gasteiger partial charge in [-0.1, -0.05) is 36.4 Å². The van der Waals surface area contributed by atoms with Gasteiger partial charge in [-0.2, -0.15) is 9.78 Å². The summed E-state index contributed by atoms with van der Waals surface area (Å²) >= 11 is 0. The normalized spacial score (nSPS) is 14.3. The van der Waals surface area contributed by atoms with E-state index in [9.17, 15) is 14.4 Å². The summed E-state index contributed by atoms with van der Waals surface area (Å²) in [6.07, 6.45) is 1.43. The van der Waals surface area contributed by atoms with E-state index in [2.05, 4.69) is 5.10 Å². The van der Waals surface area contributed by atoms with Gasteiger partial charge in [-0.25, -0.2) is 4.79 Å². The predicted molar refractivity (Wildman–Crippen MR) is 114 cm³/mol. The number of ether oxygens (including phenoxy) is 1. The molecule has 8 heteroatoms. The number of carbonyl (C=O) groups is 3. The predicted octanol–water partition coefficient (Wildman–Crippen LogP) is 3.41. The number of hydrogen-bond donors (Lipinski definition) is 0. The lowest BCUT2D eigenvalue weighted by molar-refractivity contribution is -0.134. The van der Waals surface area contributed by atoms with Crippen LogP contribution in [-0.4, -0.2) is 51.5 Å². The van der Waals surface area contributed by atoms with Crippen LogP contribution >= 0.6 is 0 Å². The number of imide groups is 2. The number of aryl methyl sites for hydroxylation is 1. The molecule has 8 nitrogen and oxygen atoms in total. The molecule has 4 amide bonds. The summed E-state index contributed by atoms with van der Waals surface area (Å²) in [7, 11) is 2.67. The Hall–Kier alpha value is -4.20. The number of para-hydroxylation sites is 2. The van der Waals surface area contributed by atoms with E-state index in [-0.39, 0.29) is 5.57 Å². The Morgan fingerprint density at radius 3 is 1.97 bits per heavy atom. The second-order valence-electron chi connectivity index (χ2n) is 7.04. The Balaban J connectivity index is 1.89. The Morgan fingerprint density at radius 2 is 1.39 bits per heavy atom. The topological polar surface area (TPSA) is 84.7 Å². The molecular formula is C23H20N4O4. The summed E-state index contributed by atoms with van der Waals surface area (Å²) in [6.45, 7) is 1.76. The number of nitrogens with zero attached hydrogens (tertiary/aromatic N) is 4. The molecule has 1 saturated heterocycles. The van der Waals surface area contributed by atoms with Crippen molar-refractivity contribution >= 4 is 23.9 Å². The molecule has 1 aliphatic heterocycles. The first-order chi connectivity index (χ1) is 14.9. The summed E-state index contributed by atoms with van der Waals surface area (Å²) in [5.41, 5.74) is 1.65. The molecule has 2 heterocycles. The van der Waals surface area contributed by atoms with Crippen LogP contribution in [0.3, 0.4) is 0 Å². The van der Waals surface area contributed by atoms with Gasteiger partial charge in [-0.3, -0.25) is 19.4 Å². The van der Waals surface area contributed by atoms with E-state index in [0.29, 0.717) is 22.9 Å². The van der Waals surface area contributed by atoms with E-state index in [1.165, 1.54) is 20.2 Å². The Bertz CT molecular complexity index is 1170. The highest BCUT2D eigenvalue weighted by molar-refractivity contribution is 6.30. The molecule has 0 saturated carbocycles. The van der Waals surface area contributed by atoms with Crippen LogP contribution in [0.2, 0.25) is 0 Å². The minimum Gasteiger partial charge on any atom is -0.438 e. The molecule has 0 aliphatic carbocycles. The lowest BCUT2D eigenvalue weighted by atomic mass is 10.1. The fourth-order valence-corrected chi connectivity index (χ4v) is 3.25. The number of likely N-dealkylation sites (N-methyl/N-ethyl adjacent to an activating group) is 2. The zero-order valence-electron chi connectivity index (χ0n) is 17.3. The van der Waals surface area contributed by atoms with Crippen LogP contribution in [0.4, 0.5) is 4.79 Å². The van der Waals surface area contributed by atoms with Crippen molar-refractivity contribution in [2.24, 2.45) is 0 Å². The maximum atomic E-state index is 12.7. The SMILES string of the molecule is Cc1nn(-c2ccccc2)c(Oc2ccccc2)c1C=C1C(=O)N(C)C(=O)N(C)C1=O. The first-order valence-corrected chi connectivity index (χ1v) is 9.58. The van der Waals surface area contributed by atoms with Gasteiger partial charge >= 0.3 is 6.03 Å². The molecule has 31 heavy (non-hydrogen) atoms.